The zero-order valence-electron chi connectivity index (χ0n) is 20.9. The molecule has 15 heteroatoms. The molecule has 0 aliphatic carbocycles. The molecule has 2 fully saturated rings. The minimum atomic E-state index is -4.75. The summed E-state index contributed by atoms with van der Waals surface area (Å²) in [5, 5.41) is 23.9. The van der Waals surface area contributed by atoms with E-state index >= 15 is 0 Å². The van der Waals surface area contributed by atoms with Crippen molar-refractivity contribution in [1.82, 2.24) is 19.8 Å². The number of nitrogens with two attached hydrogens (primary N) is 1. The van der Waals surface area contributed by atoms with E-state index in [0.29, 0.717) is 32.4 Å². The number of rotatable bonds is 13. The number of nitrogens with zero attached hydrogens (tertiary/aromatic N) is 4. The van der Waals surface area contributed by atoms with Gasteiger partial charge in [-0.15, -0.1) is 0 Å². The topological polar surface area (TPSA) is 148 Å². The SMILES string of the molecule is CN1CCN(C[C@H]2OC[C@H](Nc3nc(OCCOCCOCCN)cc(C(F)(F)F)n3)[C@@H](O)[C@H]2O)CC1. The molecule has 2 saturated heterocycles. The van der Waals surface area contributed by atoms with Gasteiger partial charge in [-0.3, -0.25) is 4.90 Å². The number of nitrogens with one attached hydrogen (secondary N) is 1. The minimum Gasteiger partial charge on any atom is -0.475 e. The maximum atomic E-state index is 13.4. The first-order chi connectivity index (χ1) is 17.7. The molecule has 0 amide bonds. The molecule has 1 aromatic heterocycles. The van der Waals surface area contributed by atoms with Crippen LogP contribution in [0.5, 0.6) is 5.88 Å². The molecule has 0 radical (unpaired) electrons. The number of hydrogen-bond acceptors (Lipinski definition) is 12. The fourth-order valence-corrected chi connectivity index (χ4v) is 3.94. The average Bonchev–Trinajstić information content (AvgIpc) is 2.86. The van der Waals surface area contributed by atoms with Gasteiger partial charge in [0.2, 0.25) is 11.8 Å². The number of hydrogen-bond donors (Lipinski definition) is 4. The summed E-state index contributed by atoms with van der Waals surface area (Å²) in [4.78, 5) is 11.8. The molecular formula is C22H37F3N6O6. The van der Waals surface area contributed by atoms with Crippen molar-refractivity contribution < 1.29 is 42.3 Å². The van der Waals surface area contributed by atoms with Crippen LogP contribution in [0.25, 0.3) is 0 Å². The maximum Gasteiger partial charge on any atom is 0.433 e. The van der Waals surface area contributed by atoms with E-state index in [2.05, 4.69) is 25.1 Å². The summed E-state index contributed by atoms with van der Waals surface area (Å²) in [6.45, 7) is 5.29. The lowest BCUT2D eigenvalue weighted by Crippen LogP contribution is -2.59. The molecule has 5 N–H and O–H groups in total. The predicted molar refractivity (Wildman–Crippen MR) is 126 cm³/mol. The van der Waals surface area contributed by atoms with Crippen molar-refractivity contribution in [3.8, 4) is 5.88 Å². The van der Waals surface area contributed by atoms with Crippen molar-refractivity contribution in [3.05, 3.63) is 11.8 Å². The molecule has 2 aliphatic rings. The van der Waals surface area contributed by atoms with Crippen LogP contribution < -0.4 is 15.8 Å². The standard InChI is InChI=1S/C22H37F3N6O6/c1-30-3-5-31(6-4-30)13-16-20(33)19(32)15(14-37-16)27-21-28-17(22(23,24)25)12-18(29-21)36-11-10-35-9-8-34-7-2-26/h12,15-16,19-20,32-33H,2-11,13-14,26H2,1H3,(H,27,28,29)/t15-,16+,19+,20-/m0/s1. The molecule has 0 aromatic carbocycles. The van der Waals surface area contributed by atoms with E-state index < -0.39 is 42.2 Å². The lowest BCUT2D eigenvalue weighted by atomic mass is 9.97. The molecule has 0 bridgehead atoms. The van der Waals surface area contributed by atoms with E-state index in [4.69, 9.17) is 24.7 Å². The molecule has 12 nitrogen and oxygen atoms in total. The van der Waals surface area contributed by atoms with Gasteiger partial charge in [0, 0.05) is 45.3 Å². The van der Waals surface area contributed by atoms with Crippen molar-refractivity contribution in [2.45, 2.75) is 30.5 Å². The number of ether oxygens (including phenoxy) is 4. The van der Waals surface area contributed by atoms with Crippen molar-refractivity contribution in [1.29, 1.82) is 0 Å². The third kappa shape index (κ3) is 9.44. The minimum absolute atomic E-state index is 0.0491. The molecule has 212 valence electrons. The second-order valence-corrected chi connectivity index (χ2v) is 8.98. The van der Waals surface area contributed by atoms with E-state index in [1.54, 1.807) is 0 Å². The summed E-state index contributed by atoms with van der Waals surface area (Å²) in [6, 6.07) is -0.239. The van der Waals surface area contributed by atoms with Gasteiger partial charge in [0.05, 0.1) is 45.2 Å². The smallest absolute Gasteiger partial charge is 0.433 e. The Balaban J connectivity index is 1.54. The summed E-state index contributed by atoms with van der Waals surface area (Å²) in [5.74, 6) is -0.717. The number of piperazine rings is 1. The number of alkyl halides is 3. The Morgan fingerprint density at radius 1 is 1.05 bits per heavy atom. The third-order valence-corrected chi connectivity index (χ3v) is 6.09. The van der Waals surface area contributed by atoms with Gasteiger partial charge < -0.3 is 45.1 Å². The number of halogens is 3. The predicted octanol–water partition coefficient (Wildman–Crippen LogP) is -0.985. The fourth-order valence-electron chi connectivity index (χ4n) is 3.94. The maximum absolute atomic E-state index is 13.4. The molecule has 0 saturated carbocycles. The first kappa shape index (κ1) is 29.7. The number of aromatic nitrogens is 2. The van der Waals surface area contributed by atoms with Gasteiger partial charge in [-0.05, 0) is 7.05 Å². The van der Waals surface area contributed by atoms with Crippen LogP contribution in [-0.2, 0) is 20.4 Å². The Hall–Kier alpha value is -1.85. The van der Waals surface area contributed by atoms with Gasteiger partial charge in [0.25, 0.3) is 0 Å². The third-order valence-electron chi connectivity index (χ3n) is 6.09. The normalized spacial score (nSPS) is 25.8. The van der Waals surface area contributed by atoms with Crippen LogP contribution in [0.15, 0.2) is 6.07 Å². The van der Waals surface area contributed by atoms with Crippen LogP contribution in [-0.4, -0.2) is 140 Å². The number of anilines is 1. The van der Waals surface area contributed by atoms with E-state index in [9.17, 15) is 23.4 Å². The van der Waals surface area contributed by atoms with Gasteiger partial charge in [0.1, 0.15) is 18.8 Å². The molecule has 37 heavy (non-hydrogen) atoms. The van der Waals surface area contributed by atoms with Crippen molar-refractivity contribution in [3.63, 3.8) is 0 Å². The van der Waals surface area contributed by atoms with E-state index in [-0.39, 0.29) is 32.3 Å². The summed E-state index contributed by atoms with van der Waals surface area (Å²) < 4.78 is 61.8. The lowest BCUT2D eigenvalue weighted by molar-refractivity contribution is -0.148. The second kappa shape index (κ2) is 14.3. The first-order valence-corrected chi connectivity index (χ1v) is 12.3. The zero-order chi connectivity index (χ0) is 26.8. The highest BCUT2D eigenvalue weighted by Crippen LogP contribution is 2.31. The molecule has 0 spiro atoms. The second-order valence-electron chi connectivity index (χ2n) is 8.98. The molecule has 1 aromatic rings. The Labute approximate surface area is 213 Å². The summed E-state index contributed by atoms with van der Waals surface area (Å²) in [5.41, 5.74) is 4.10. The van der Waals surface area contributed by atoms with Crippen molar-refractivity contribution >= 4 is 5.95 Å². The van der Waals surface area contributed by atoms with Crippen LogP contribution in [0.4, 0.5) is 19.1 Å². The highest BCUT2D eigenvalue weighted by atomic mass is 19.4. The number of aliphatic hydroxyl groups excluding tert-OH is 2. The fraction of sp³-hybridized carbons (Fsp3) is 0.818. The highest BCUT2D eigenvalue weighted by Gasteiger charge is 2.40. The van der Waals surface area contributed by atoms with E-state index in [1.807, 2.05) is 7.05 Å². The Morgan fingerprint density at radius 3 is 2.41 bits per heavy atom. The largest absolute Gasteiger partial charge is 0.475 e. The van der Waals surface area contributed by atoms with Crippen LogP contribution in [0, 0.1) is 0 Å². The van der Waals surface area contributed by atoms with E-state index in [1.165, 1.54) is 0 Å². The van der Waals surface area contributed by atoms with Gasteiger partial charge >= 0.3 is 6.18 Å². The van der Waals surface area contributed by atoms with Gasteiger partial charge in [-0.25, -0.2) is 4.98 Å². The van der Waals surface area contributed by atoms with Gasteiger partial charge in [-0.1, -0.05) is 0 Å². The van der Waals surface area contributed by atoms with Crippen LogP contribution in [0.3, 0.4) is 0 Å². The van der Waals surface area contributed by atoms with Crippen LogP contribution in [0.2, 0.25) is 0 Å². The van der Waals surface area contributed by atoms with Crippen LogP contribution in [0.1, 0.15) is 5.69 Å². The van der Waals surface area contributed by atoms with Crippen molar-refractivity contribution in [2.24, 2.45) is 5.73 Å². The monoisotopic (exact) mass is 538 g/mol. The molecular weight excluding hydrogens is 501 g/mol. The molecule has 2 aliphatic heterocycles. The van der Waals surface area contributed by atoms with Gasteiger partial charge in [-0.2, -0.15) is 18.2 Å². The molecule has 3 heterocycles. The zero-order valence-corrected chi connectivity index (χ0v) is 20.9. The Bertz CT molecular complexity index is 818. The lowest BCUT2D eigenvalue weighted by Gasteiger charge is -2.41. The molecule has 3 rings (SSSR count). The van der Waals surface area contributed by atoms with Crippen molar-refractivity contribution in [2.75, 3.05) is 91.3 Å². The summed E-state index contributed by atoms with van der Waals surface area (Å²) in [7, 11) is 2.03. The average molecular weight is 539 g/mol. The Kier molecular flexibility index (Phi) is 11.5. The Morgan fingerprint density at radius 2 is 1.73 bits per heavy atom. The van der Waals surface area contributed by atoms with Gasteiger partial charge in [0.15, 0.2) is 5.69 Å². The summed E-state index contributed by atoms with van der Waals surface area (Å²) >= 11 is 0. The number of aliphatic hydroxyl groups is 2. The van der Waals surface area contributed by atoms with E-state index in [0.717, 1.165) is 26.2 Å². The molecule has 4 atom stereocenters. The highest BCUT2D eigenvalue weighted by molar-refractivity contribution is 5.34. The molecule has 0 unspecified atom stereocenters. The van der Waals surface area contributed by atoms with Crippen LogP contribution >= 0.6 is 0 Å². The first-order valence-electron chi connectivity index (χ1n) is 12.3. The quantitative estimate of drug-likeness (QED) is 0.229. The summed E-state index contributed by atoms with van der Waals surface area (Å²) in [6.07, 6.45) is -7.91. The number of likely N-dealkylation sites (N-methyl/N-ethyl adjacent to an activating group) is 1.